The number of esters is 1. The zero-order valence-electron chi connectivity index (χ0n) is 11.4. The van der Waals surface area contributed by atoms with E-state index in [-0.39, 0.29) is 12.6 Å². The molecule has 19 heavy (non-hydrogen) atoms. The highest BCUT2D eigenvalue weighted by Gasteiger charge is 2.04. The maximum absolute atomic E-state index is 11.2. The van der Waals surface area contributed by atoms with Crippen molar-refractivity contribution in [2.24, 2.45) is 0 Å². The van der Waals surface area contributed by atoms with Crippen LogP contribution < -0.4 is 5.32 Å². The average molecular weight is 266 g/mol. The summed E-state index contributed by atoms with van der Waals surface area (Å²) >= 11 is 0. The van der Waals surface area contributed by atoms with E-state index >= 15 is 0 Å². The molecule has 0 fully saturated rings. The van der Waals surface area contributed by atoms with Crippen LogP contribution in [0.25, 0.3) is 0 Å². The van der Waals surface area contributed by atoms with E-state index in [2.05, 4.69) is 15.0 Å². The van der Waals surface area contributed by atoms with E-state index in [1.807, 2.05) is 6.07 Å². The minimum atomic E-state index is -0.365. The van der Waals surface area contributed by atoms with Crippen LogP contribution in [0.1, 0.15) is 41.7 Å². The van der Waals surface area contributed by atoms with Crippen LogP contribution in [-0.2, 0) is 11.3 Å². The average Bonchev–Trinajstić information content (AvgIpc) is 2.46. The van der Waals surface area contributed by atoms with Crippen LogP contribution in [0.15, 0.2) is 18.3 Å². The number of hydrogen-bond acceptors (Lipinski definition) is 5. The number of aliphatic hydroxyl groups is 1. The zero-order chi connectivity index (χ0) is 13.9. The molecule has 2 N–H and O–H groups in total. The maximum atomic E-state index is 11.2. The predicted octanol–water partition coefficient (Wildman–Crippen LogP) is 1.51. The Labute approximate surface area is 114 Å². The molecule has 0 saturated heterocycles. The van der Waals surface area contributed by atoms with Gasteiger partial charge in [0.2, 0.25) is 0 Å². The van der Waals surface area contributed by atoms with E-state index in [4.69, 9.17) is 5.11 Å². The molecule has 5 heteroatoms. The molecule has 0 bridgehead atoms. The first-order valence-electron chi connectivity index (χ1n) is 6.62. The van der Waals surface area contributed by atoms with E-state index < -0.39 is 0 Å². The number of ether oxygens (including phenoxy) is 1. The summed E-state index contributed by atoms with van der Waals surface area (Å²) in [5.41, 5.74) is 1.37. The van der Waals surface area contributed by atoms with Crippen LogP contribution in [0.4, 0.5) is 0 Å². The number of nitrogens with one attached hydrogen (secondary N) is 1. The molecule has 0 aliphatic rings. The normalized spacial score (nSPS) is 10.4. The lowest BCUT2D eigenvalue weighted by molar-refractivity contribution is 0.0600. The predicted molar refractivity (Wildman–Crippen MR) is 72.8 cm³/mol. The van der Waals surface area contributed by atoms with E-state index in [0.717, 1.165) is 37.9 Å². The number of aromatic nitrogens is 1. The summed E-state index contributed by atoms with van der Waals surface area (Å²) in [5, 5.41) is 11.9. The van der Waals surface area contributed by atoms with Crippen molar-refractivity contribution in [1.82, 2.24) is 10.3 Å². The Morgan fingerprint density at radius 1 is 1.32 bits per heavy atom. The summed E-state index contributed by atoms with van der Waals surface area (Å²) in [7, 11) is 1.36. The summed E-state index contributed by atoms with van der Waals surface area (Å²) in [6.45, 7) is 1.91. The molecule has 1 aromatic heterocycles. The van der Waals surface area contributed by atoms with E-state index in [1.165, 1.54) is 13.3 Å². The van der Waals surface area contributed by atoms with Crippen molar-refractivity contribution in [1.29, 1.82) is 0 Å². The van der Waals surface area contributed by atoms with Gasteiger partial charge in [-0.05, 0) is 31.5 Å². The van der Waals surface area contributed by atoms with Gasteiger partial charge in [0.05, 0.1) is 18.4 Å². The van der Waals surface area contributed by atoms with E-state index in [9.17, 15) is 4.79 Å². The number of carbonyl (C=O) groups excluding carboxylic acids is 1. The molecule has 0 aliphatic heterocycles. The number of rotatable bonds is 9. The van der Waals surface area contributed by atoms with Crippen LogP contribution >= 0.6 is 0 Å². The Bertz CT molecular complexity index is 365. The first-order valence-corrected chi connectivity index (χ1v) is 6.62. The standard InChI is InChI=1S/C14H22N2O3/c1-19-14(18)12-6-7-13(16-10-12)11-15-8-4-2-3-5-9-17/h6-7,10,15,17H,2-5,8-9,11H2,1H3. The quantitative estimate of drug-likeness (QED) is 0.523. The van der Waals surface area contributed by atoms with Gasteiger partial charge in [0.25, 0.3) is 0 Å². The largest absolute Gasteiger partial charge is 0.465 e. The minimum absolute atomic E-state index is 0.282. The number of hydrogen-bond donors (Lipinski definition) is 2. The summed E-state index contributed by atoms with van der Waals surface area (Å²) in [4.78, 5) is 15.4. The molecule has 0 unspecified atom stereocenters. The van der Waals surface area contributed by atoms with Crippen molar-refractivity contribution >= 4 is 5.97 Å². The third-order valence-corrected chi connectivity index (χ3v) is 2.81. The van der Waals surface area contributed by atoms with Crippen LogP contribution in [0.5, 0.6) is 0 Å². The third kappa shape index (κ3) is 6.31. The molecule has 0 saturated carbocycles. The highest BCUT2D eigenvalue weighted by atomic mass is 16.5. The van der Waals surface area contributed by atoms with Crippen molar-refractivity contribution in [2.45, 2.75) is 32.2 Å². The second-order valence-corrected chi connectivity index (χ2v) is 4.34. The molecule has 0 radical (unpaired) electrons. The van der Waals surface area contributed by atoms with Crippen molar-refractivity contribution in [3.8, 4) is 0 Å². The van der Waals surface area contributed by atoms with Gasteiger partial charge in [-0.3, -0.25) is 4.98 Å². The molecular formula is C14H22N2O3. The van der Waals surface area contributed by atoms with Gasteiger partial charge in [-0.25, -0.2) is 4.79 Å². The van der Waals surface area contributed by atoms with Gasteiger partial charge < -0.3 is 15.2 Å². The molecule has 0 amide bonds. The molecule has 0 aliphatic carbocycles. The van der Waals surface area contributed by atoms with Gasteiger partial charge >= 0.3 is 5.97 Å². The fraction of sp³-hybridized carbons (Fsp3) is 0.571. The number of unbranched alkanes of at least 4 members (excludes halogenated alkanes) is 3. The summed E-state index contributed by atoms with van der Waals surface area (Å²) in [6.07, 6.45) is 5.72. The minimum Gasteiger partial charge on any atom is -0.465 e. The van der Waals surface area contributed by atoms with Gasteiger partial charge in [0.15, 0.2) is 0 Å². The lowest BCUT2D eigenvalue weighted by atomic mass is 10.2. The molecule has 5 nitrogen and oxygen atoms in total. The first-order chi connectivity index (χ1) is 9.27. The molecule has 1 heterocycles. The Kier molecular flexibility index (Phi) is 7.77. The van der Waals surface area contributed by atoms with Gasteiger partial charge in [0.1, 0.15) is 0 Å². The Morgan fingerprint density at radius 3 is 2.74 bits per heavy atom. The third-order valence-electron chi connectivity index (χ3n) is 2.81. The monoisotopic (exact) mass is 266 g/mol. The lowest BCUT2D eigenvalue weighted by Gasteiger charge is -2.05. The SMILES string of the molecule is COC(=O)c1ccc(CNCCCCCCO)nc1. The van der Waals surface area contributed by atoms with Gasteiger partial charge in [-0.1, -0.05) is 12.8 Å². The van der Waals surface area contributed by atoms with Gasteiger partial charge in [0, 0.05) is 19.3 Å². The molecule has 0 spiro atoms. The van der Waals surface area contributed by atoms with Crippen molar-refractivity contribution in [3.05, 3.63) is 29.6 Å². The Hall–Kier alpha value is -1.46. The van der Waals surface area contributed by atoms with E-state index in [1.54, 1.807) is 6.07 Å². The Balaban J connectivity index is 2.18. The molecular weight excluding hydrogens is 244 g/mol. The van der Waals surface area contributed by atoms with Crippen molar-refractivity contribution < 1.29 is 14.6 Å². The molecule has 106 valence electrons. The fourth-order valence-corrected chi connectivity index (χ4v) is 1.70. The molecule has 1 aromatic rings. The molecule has 1 rings (SSSR count). The number of pyridine rings is 1. The number of aliphatic hydroxyl groups excluding tert-OH is 1. The highest BCUT2D eigenvalue weighted by Crippen LogP contribution is 2.02. The number of methoxy groups -OCH3 is 1. The van der Waals surface area contributed by atoms with Crippen molar-refractivity contribution in [3.63, 3.8) is 0 Å². The second kappa shape index (κ2) is 9.47. The number of carbonyl (C=O) groups is 1. The van der Waals surface area contributed by atoms with Crippen LogP contribution in [0.3, 0.4) is 0 Å². The smallest absolute Gasteiger partial charge is 0.339 e. The molecule has 0 atom stereocenters. The molecule has 0 aromatic carbocycles. The fourth-order valence-electron chi connectivity index (χ4n) is 1.70. The summed E-state index contributed by atoms with van der Waals surface area (Å²) in [5.74, 6) is -0.365. The topological polar surface area (TPSA) is 71.5 Å². The van der Waals surface area contributed by atoms with Gasteiger partial charge in [-0.15, -0.1) is 0 Å². The van der Waals surface area contributed by atoms with Crippen LogP contribution in [-0.4, -0.2) is 36.3 Å². The lowest BCUT2D eigenvalue weighted by Crippen LogP contribution is -2.15. The first kappa shape index (κ1) is 15.6. The van der Waals surface area contributed by atoms with Crippen LogP contribution in [0.2, 0.25) is 0 Å². The zero-order valence-corrected chi connectivity index (χ0v) is 11.4. The van der Waals surface area contributed by atoms with Gasteiger partial charge in [-0.2, -0.15) is 0 Å². The summed E-state index contributed by atoms with van der Waals surface area (Å²) in [6, 6.07) is 3.54. The number of nitrogens with zero attached hydrogens (tertiary/aromatic N) is 1. The van der Waals surface area contributed by atoms with Crippen molar-refractivity contribution in [2.75, 3.05) is 20.3 Å². The Morgan fingerprint density at radius 2 is 2.11 bits per heavy atom. The maximum Gasteiger partial charge on any atom is 0.339 e. The highest BCUT2D eigenvalue weighted by molar-refractivity contribution is 5.88. The second-order valence-electron chi connectivity index (χ2n) is 4.34. The van der Waals surface area contributed by atoms with E-state index in [0.29, 0.717) is 12.1 Å². The van der Waals surface area contributed by atoms with Crippen LogP contribution in [0, 0.1) is 0 Å². The summed E-state index contributed by atoms with van der Waals surface area (Å²) < 4.78 is 4.61.